The van der Waals surface area contributed by atoms with Crippen LogP contribution in [0.15, 0.2) is 34.8 Å². The maximum atomic E-state index is 12.6. The van der Waals surface area contributed by atoms with Crippen molar-refractivity contribution in [3.63, 3.8) is 0 Å². The number of aromatic nitrogens is 1. The SMILES string of the molecule is COc1ccc(C(=O)Nc2nc3c(s2)Cc2c(Br)ccc(OC)c2-3)cc1[N+](=O)[O-]. The highest BCUT2D eigenvalue weighted by molar-refractivity contribution is 9.10. The second-order valence-electron chi connectivity index (χ2n) is 6.17. The molecule has 4 rings (SSSR count). The third kappa shape index (κ3) is 3.34. The maximum Gasteiger partial charge on any atom is 0.311 e. The highest BCUT2D eigenvalue weighted by Crippen LogP contribution is 2.48. The van der Waals surface area contributed by atoms with Crippen LogP contribution in [0.25, 0.3) is 11.3 Å². The lowest BCUT2D eigenvalue weighted by molar-refractivity contribution is -0.385. The molecule has 1 N–H and O–H groups in total. The molecule has 0 atom stereocenters. The van der Waals surface area contributed by atoms with Crippen LogP contribution < -0.4 is 14.8 Å². The van der Waals surface area contributed by atoms with Crippen molar-refractivity contribution in [1.82, 2.24) is 4.98 Å². The molecule has 148 valence electrons. The van der Waals surface area contributed by atoms with Crippen LogP contribution >= 0.6 is 27.3 Å². The summed E-state index contributed by atoms with van der Waals surface area (Å²) in [7, 11) is 2.94. The topological polar surface area (TPSA) is 104 Å². The first-order valence-corrected chi connectivity index (χ1v) is 10.0. The fourth-order valence-electron chi connectivity index (χ4n) is 3.23. The van der Waals surface area contributed by atoms with Crippen LogP contribution in [-0.4, -0.2) is 30.0 Å². The number of anilines is 1. The molecule has 1 aromatic heterocycles. The molecule has 0 bridgehead atoms. The van der Waals surface area contributed by atoms with Gasteiger partial charge in [0.2, 0.25) is 0 Å². The summed E-state index contributed by atoms with van der Waals surface area (Å²) in [5, 5.41) is 14.3. The molecular weight excluding hydrogens is 462 g/mol. The van der Waals surface area contributed by atoms with E-state index in [1.807, 2.05) is 12.1 Å². The van der Waals surface area contributed by atoms with Gasteiger partial charge < -0.3 is 9.47 Å². The Labute approximate surface area is 177 Å². The van der Waals surface area contributed by atoms with Gasteiger partial charge in [-0.2, -0.15) is 0 Å². The normalized spacial score (nSPS) is 11.6. The number of nitrogens with one attached hydrogen (secondary N) is 1. The van der Waals surface area contributed by atoms with Gasteiger partial charge in [-0.15, -0.1) is 11.3 Å². The fourth-order valence-corrected chi connectivity index (χ4v) is 4.67. The number of halogens is 1. The zero-order valence-corrected chi connectivity index (χ0v) is 17.7. The second-order valence-corrected chi connectivity index (χ2v) is 8.11. The molecule has 1 aliphatic carbocycles. The molecule has 0 radical (unpaired) electrons. The number of carbonyl (C=O) groups excluding carboxylic acids is 1. The van der Waals surface area contributed by atoms with Gasteiger partial charge in [0.05, 0.1) is 24.8 Å². The van der Waals surface area contributed by atoms with Crippen LogP contribution in [0.2, 0.25) is 0 Å². The minimum Gasteiger partial charge on any atom is -0.496 e. The summed E-state index contributed by atoms with van der Waals surface area (Å²) < 4.78 is 11.4. The number of nitro benzene ring substituents is 1. The molecule has 1 aliphatic rings. The number of fused-ring (bicyclic) bond motifs is 3. The summed E-state index contributed by atoms with van der Waals surface area (Å²) in [6.07, 6.45) is 0.685. The molecular formula is C19H14BrN3O5S. The van der Waals surface area contributed by atoms with E-state index in [-0.39, 0.29) is 17.0 Å². The van der Waals surface area contributed by atoms with Crippen LogP contribution in [0.1, 0.15) is 20.8 Å². The number of hydrogen-bond donors (Lipinski definition) is 1. The average molecular weight is 476 g/mol. The van der Waals surface area contributed by atoms with Crippen LogP contribution in [0.4, 0.5) is 10.8 Å². The Morgan fingerprint density at radius 3 is 2.66 bits per heavy atom. The van der Waals surface area contributed by atoms with E-state index in [2.05, 4.69) is 26.2 Å². The molecule has 1 amide bonds. The van der Waals surface area contributed by atoms with Gasteiger partial charge in [-0.3, -0.25) is 20.2 Å². The molecule has 3 aromatic rings. The first kappa shape index (κ1) is 19.3. The summed E-state index contributed by atoms with van der Waals surface area (Å²) in [5.74, 6) is 0.328. The van der Waals surface area contributed by atoms with Crippen molar-refractivity contribution in [3.8, 4) is 22.8 Å². The summed E-state index contributed by atoms with van der Waals surface area (Å²) in [4.78, 5) is 28.8. The standard InChI is InChI=1S/C19H14BrN3O5S/c1-27-13-5-3-9(7-12(13)23(25)26)18(24)22-19-21-17-15(29-19)8-10-11(20)4-6-14(28-2)16(10)17/h3-7H,8H2,1-2H3,(H,21,22,24). The Balaban J connectivity index is 1.63. The largest absolute Gasteiger partial charge is 0.496 e. The molecule has 2 aromatic carbocycles. The molecule has 0 unspecified atom stereocenters. The van der Waals surface area contributed by atoms with Crippen molar-refractivity contribution in [3.05, 3.63) is 60.9 Å². The third-order valence-electron chi connectivity index (χ3n) is 4.57. The number of amides is 1. The monoisotopic (exact) mass is 475 g/mol. The second kappa shape index (κ2) is 7.45. The van der Waals surface area contributed by atoms with E-state index >= 15 is 0 Å². The Kier molecular flexibility index (Phi) is 4.97. The number of hydrogen-bond acceptors (Lipinski definition) is 7. The van der Waals surface area contributed by atoms with Crippen LogP contribution in [0.3, 0.4) is 0 Å². The lowest BCUT2D eigenvalue weighted by Gasteiger charge is -2.09. The van der Waals surface area contributed by atoms with Crippen molar-refractivity contribution in [2.24, 2.45) is 0 Å². The predicted molar refractivity (Wildman–Crippen MR) is 112 cm³/mol. The van der Waals surface area contributed by atoms with Crippen molar-refractivity contribution in [2.45, 2.75) is 6.42 Å². The third-order valence-corrected chi connectivity index (χ3v) is 6.28. The van der Waals surface area contributed by atoms with E-state index in [4.69, 9.17) is 9.47 Å². The number of nitro groups is 1. The van der Waals surface area contributed by atoms with Gasteiger partial charge in [-0.05, 0) is 29.8 Å². The molecule has 0 saturated heterocycles. The van der Waals surface area contributed by atoms with Crippen LogP contribution in [0, 0.1) is 10.1 Å². The van der Waals surface area contributed by atoms with Crippen molar-refractivity contribution in [1.29, 1.82) is 0 Å². The summed E-state index contributed by atoms with van der Waals surface area (Å²) in [5.41, 5.74) is 2.66. The van der Waals surface area contributed by atoms with E-state index in [0.717, 1.165) is 31.9 Å². The van der Waals surface area contributed by atoms with Crippen molar-refractivity contribution < 1.29 is 19.2 Å². The highest BCUT2D eigenvalue weighted by Gasteiger charge is 2.29. The summed E-state index contributed by atoms with van der Waals surface area (Å²) in [6, 6.07) is 7.86. The number of benzene rings is 2. The van der Waals surface area contributed by atoms with E-state index < -0.39 is 10.8 Å². The number of rotatable bonds is 5. The van der Waals surface area contributed by atoms with Gasteiger partial charge in [-0.25, -0.2) is 4.98 Å². The molecule has 0 spiro atoms. The molecule has 10 heteroatoms. The van der Waals surface area contributed by atoms with Gasteiger partial charge in [0.15, 0.2) is 10.9 Å². The predicted octanol–water partition coefficient (Wildman–Crippen LogP) is 4.65. The van der Waals surface area contributed by atoms with Crippen LogP contribution in [-0.2, 0) is 6.42 Å². The van der Waals surface area contributed by atoms with Crippen molar-refractivity contribution in [2.75, 3.05) is 19.5 Å². The highest BCUT2D eigenvalue weighted by atomic mass is 79.9. The fraction of sp³-hybridized carbons (Fsp3) is 0.158. The smallest absolute Gasteiger partial charge is 0.311 e. The first-order chi connectivity index (χ1) is 13.9. The molecule has 0 fully saturated rings. The first-order valence-electron chi connectivity index (χ1n) is 8.42. The van der Waals surface area contributed by atoms with Crippen LogP contribution in [0.5, 0.6) is 11.5 Å². The number of thiazole rings is 1. The minimum absolute atomic E-state index is 0.0917. The zero-order valence-electron chi connectivity index (χ0n) is 15.3. The summed E-state index contributed by atoms with van der Waals surface area (Å²) >= 11 is 4.93. The zero-order chi connectivity index (χ0) is 20.7. The maximum absolute atomic E-state index is 12.6. The van der Waals surface area contributed by atoms with Gasteiger partial charge in [-0.1, -0.05) is 15.9 Å². The minimum atomic E-state index is -0.589. The van der Waals surface area contributed by atoms with Gasteiger partial charge in [0.25, 0.3) is 5.91 Å². The summed E-state index contributed by atoms with van der Waals surface area (Å²) in [6.45, 7) is 0. The molecule has 0 saturated carbocycles. The Morgan fingerprint density at radius 1 is 1.24 bits per heavy atom. The Morgan fingerprint density at radius 2 is 1.97 bits per heavy atom. The lowest BCUT2D eigenvalue weighted by atomic mass is 10.1. The average Bonchev–Trinajstić information content (AvgIpc) is 3.26. The van der Waals surface area contributed by atoms with E-state index in [1.54, 1.807) is 7.11 Å². The van der Waals surface area contributed by atoms with Gasteiger partial charge in [0, 0.05) is 33.0 Å². The quantitative estimate of drug-likeness (QED) is 0.332. The molecule has 29 heavy (non-hydrogen) atoms. The number of ether oxygens (including phenoxy) is 2. The Hall–Kier alpha value is -2.98. The molecule has 1 heterocycles. The molecule has 0 aliphatic heterocycles. The van der Waals surface area contributed by atoms with Crippen molar-refractivity contribution >= 4 is 44.0 Å². The molecule has 8 nitrogen and oxygen atoms in total. The van der Waals surface area contributed by atoms with E-state index in [9.17, 15) is 14.9 Å². The number of carbonyl (C=O) groups is 1. The lowest BCUT2D eigenvalue weighted by Crippen LogP contribution is -2.12. The number of methoxy groups -OCH3 is 2. The Bertz CT molecular complexity index is 1160. The van der Waals surface area contributed by atoms with E-state index in [1.165, 1.54) is 36.6 Å². The van der Waals surface area contributed by atoms with Gasteiger partial charge >= 0.3 is 5.69 Å². The van der Waals surface area contributed by atoms with Gasteiger partial charge in [0.1, 0.15) is 5.75 Å². The van der Waals surface area contributed by atoms with E-state index in [0.29, 0.717) is 11.6 Å². The number of nitrogens with zero attached hydrogens (tertiary/aromatic N) is 2.